The first-order chi connectivity index (χ1) is 16.1. The first-order valence-electron chi connectivity index (χ1n) is 9.25. The van der Waals surface area contributed by atoms with Crippen molar-refractivity contribution in [2.75, 3.05) is 7.11 Å². The number of rotatable bonds is 5. The minimum atomic E-state index is -2.65. The Morgan fingerprint density at radius 2 is 1.50 bits per heavy atom. The number of nitrogens with zero attached hydrogens (tertiary/aromatic N) is 1. The molecule has 3 aromatic carbocycles. The lowest BCUT2D eigenvalue weighted by Gasteiger charge is -2.15. The summed E-state index contributed by atoms with van der Waals surface area (Å²) in [5.74, 6) is -12.6. The Bertz CT molecular complexity index is 1510. The van der Waals surface area contributed by atoms with Gasteiger partial charge >= 0.3 is 0 Å². The maximum absolute atomic E-state index is 13.9. The van der Waals surface area contributed by atoms with Gasteiger partial charge in [0, 0.05) is 15.9 Å². The summed E-state index contributed by atoms with van der Waals surface area (Å²) in [5.41, 5.74) is 0.373. The highest BCUT2D eigenvalue weighted by molar-refractivity contribution is 9.10. The van der Waals surface area contributed by atoms with Gasteiger partial charge in [-0.1, -0.05) is 15.9 Å². The zero-order valence-corrected chi connectivity index (χ0v) is 19.3. The van der Waals surface area contributed by atoms with Crippen LogP contribution in [0.15, 0.2) is 62.7 Å². The quantitative estimate of drug-likeness (QED) is 0.182. The molecule has 1 atom stereocenters. The first kappa shape index (κ1) is 23.9. The average molecular weight is 560 g/mol. The van der Waals surface area contributed by atoms with E-state index in [9.17, 15) is 31.0 Å². The lowest BCUT2D eigenvalue weighted by molar-refractivity contribution is 0.352. The van der Waals surface area contributed by atoms with Crippen LogP contribution < -0.4 is 14.5 Å². The van der Waals surface area contributed by atoms with Crippen molar-refractivity contribution in [2.45, 2.75) is 4.90 Å². The molecule has 0 saturated carbocycles. The summed E-state index contributed by atoms with van der Waals surface area (Å²) in [5, 5.41) is 0.372. The second-order valence-corrected chi connectivity index (χ2v) is 8.78. The molecular formula is C22H11BrF5NO4S. The number of fused-ring (bicyclic) bond motifs is 1. The van der Waals surface area contributed by atoms with E-state index in [1.165, 1.54) is 42.0 Å². The largest absolute Gasteiger partial charge is 0.495 e. The standard InChI is InChI=1S/C22H11BrF5NO4S/c1-32-15-9-11(23)3-5-14(15)29-13-6-4-12(8-10(13)2-7-16(29)30)34(31)33-22-20(27)18(25)17(24)19(26)21(22)28/h2-9H,1H3. The highest BCUT2D eigenvalue weighted by Gasteiger charge is 2.29. The molecule has 34 heavy (non-hydrogen) atoms. The lowest BCUT2D eigenvalue weighted by Crippen LogP contribution is -2.18. The average Bonchev–Trinajstić information content (AvgIpc) is 2.84. The van der Waals surface area contributed by atoms with Gasteiger partial charge in [0.1, 0.15) is 5.75 Å². The van der Waals surface area contributed by atoms with Crippen LogP contribution >= 0.6 is 15.9 Å². The molecule has 176 valence electrons. The van der Waals surface area contributed by atoms with Gasteiger partial charge in [-0.2, -0.15) is 8.78 Å². The molecule has 4 rings (SSSR count). The predicted molar refractivity (Wildman–Crippen MR) is 117 cm³/mol. The van der Waals surface area contributed by atoms with Crippen LogP contribution in [0.5, 0.6) is 11.5 Å². The number of halogens is 6. The molecule has 0 aliphatic carbocycles. The number of hydrogen-bond donors (Lipinski definition) is 0. The molecule has 12 heteroatoms. The van der Waals surface area contributed by atoms with Crippen molar-refractivity contribution in [2.24, 2.45) is 0 Å². The summed E-state index contributed by atoms with van der Waals surface area (Å²) in [7, 11) is 1.43. The maximum atomic E-state index is 13.9. The number of pyridine rings is 1. The van der Waals surface area contributed by atoms with Gasteiger partial charge in [0.15, 0.2) is 0 Å². The molecule has 0 bridgehead atoms. The molecule has 0 amide bonds. The first-order valence-corrected chi connectivity index (χ1v) is 11.1. The summed E-state index contributed by atoms with van der Waals surface area (Å²) < 4.78 is 92.3. The van der Waals surface area contributed by atoms with Crippen LogP contribution in [0.2, 0.25) is 0 Å². The number of methoxy groups -OCH3 is 1. The van der Waals surface area contributed by atoms with Crippen LogP contribution in [0.3, 0.4) is 0 Å². The Kier molecular flexibility index (Phi) is 6.45. The normalized spacial score (nSPS) is 12.1. The van der Waals surface area contributed by atoms with E-state index in [1.54, 1.807) is 18.2 Å². The highest BCUT2D eigenvalue weighted by Crippen LogP contribution is 2.32. The molecule has 4 aromatic rings. The monoisotopic (exact) mass is 559 g/mol. The van der Waals surface area contributed by atoms with Crippen LogP contribution in [0.4, 0.5) is 22.0 Å². The van der Waals surface area contributed by atoms with Crippen LogP contribution in [0.1, 0.15) is 0 Å². The Labute approximate surface area is 199 Å². The van der Waals surface area contributed by atoms with Crippen molar-refractivity contribution < 1.29 is 35.1 Å². The minimum Gasteiger partial charge on any atom is -0.495 e. The summed E-state index contributed by atoms with van der Waals surface area (Å²) in [6.07, 6.45) is 0. The number of hydrogen-bond acceptors (Lipinski definition) is 4. The van der Waals surface area contributed by atoms with Gasteiger partial charge in [-0.25, -0.2) is 17.4 Å². The second-order valence-electron chi connectivity index (χ2n) is 6.76. The van der Waals surface area contributed by atoms with Gasteiger partial charge in [0.2, 0.25) is 45.9 Å². The van der Waals surface area contributed by atoms with Gasteiger partial charge in [0.25, 0.3) is 5.56 Å². The van der Waals surface area contributed by atoms with Crippen molar-refractivity contribution in [1.29, 1.82) is 0 Å². The molecule has 1 unspecified atom stereocenters. The Morgan fingerprint density at radius 1 is 0.853 bits per heavy atom. The minimum absolute atomic E-state index is 0.149. The summed E-state index contributed by atoms with van der Waals surface area (Å²) in [6, 6.07) is 11.6. The maximum Gasteiger partial charge on any atom is 0.255 e. The molecule has 5 nitrogen and oxygen atoms in total. The zero-order valence-electron chi connectivity index (χ0n) is 16.9. The topological polar surface area (TPSA) is 57.5 Å². The molecule has 0 saturated heterocycles. The van der Waals surface area contributed by atoms with Crippen molar-refractivity contribution >= 4 is 37.9 Å². The molecule has 1 heterocycles. The van der Waals surface area contributed by atoms with E-state index in [-0.39, 0.29) is 4.90 Å². The van der Waals surface area contributed by atoms with Gasteiger partial charge < -0.3 is 8.92 Å². The number of aromatic nitrogens is 1. The number of benzene rings is 3. The van der Waals surface area contributed by atoms with Gasteiger partial charge in [-0.05, 0) is 42.5 Å². The van der Waals surface area contributed by atoms with Crippen LogP contribution in [0.25, 0.3) is 16.6 Å². The van der Waals surface area contributed by atoms with E-state index in [0.29, 0.717) is 26.8 Å². The third-order valence-corrected chi connectivity index (χ3v) is 6.22. The molecule has 1 aromatic heterocycles. The molecule has 0 spiro atoms. The van der Waals surface area contributed by atoms with Crippen LogP contribution in [-0.2, 0) is 11.1 Å². The summed E-state index contributed by atoms with van der Waals surface area (Å²) >= 11 is 0.664. The van der Waals surface area contributed by atoms with Crippen LogP contribution in [0, 0.1) is 29.1 Å². The molecule has 0 radical (unpaired) electrons. The molecular weight excluding hydrogens is 549 g/mol. The molecule has 0 fully saturated rings. The van der Waals surface area contributed by atoms with E-state index in [1.807, 2.05) is 0 Å². The highest BCUT2D eigenvalue weighted by atomic mass is 79.9. The van der Waals surface area contributed by atoms with Gasteiger partial charge in [-0.3, -0.25) is 9.36 Å². The van der Waals surface area contributed by atoms with Gasteiger partial charge in [-0.15, -0.1) is 0 Å². The third kappa shape index (κ3) is 4.07. The fraction of sp³-hybridized carbons (Fsp3) is 0.0455. The predicted octanol–water partition coefficient (Wildman–Crippen LogP) is 5.56. The molecule has 0 aliphatic rings. The Morgan fingerprint density at radius 3 is 2.15 bits per heavy atom. The summed E-state index contributed by atoms with van der Waals surface area (Å²) in [4.78, 5) is 12.5. The lowest BCUT2D eigenvalue weighted by atomic mass is 10.2. The molecule has 0 aliphatic heterocycles. The molecule has 0 N–H and O–H groups in total. The second kappa shape index (κ2) is 9.18. The van der Waals surface area contributed by atoms with Gasteiger partial charge in [0.05, 0.1) is 23.2 Å². The fourth-order valence-corrected chi connectivity index (χ4v) is 4.33. The smallest absolute Gasteiger partial charge is 0.255 e. The van der Waals surface area contributed by atoms with Crippen molar-refractivity contribution in [3.63, 3.8) is 0 Å². The van der Waals surface area contributed by atoms with Crippen LogP contribution in [-0.4, -0.2) is 15.9 Å². The Hall–Kier alpha value is -3.25. The van der Waals surface area contributed by atoms with Crippen molar-refractivity contribution in [3.8, 4) is 17.2 Å². The third-order valence-electron chi connectivity index (χ3n) is 4.77. The van der Waals surface area contributed by atoms with Crippen molar-refractivity contribution in [3.05, 3.63) is 92.4 Å². The fourth-order valence-electron chi connectivity index (χ4n) is 3.19. The van der Waals surface area contributed by atoms with E-state index in [0.717, 1.165) is 0 Å². The SMILES string of the molecule is COc1cc(Br)ccc1-n1c(=O)ccc2cc(S(=O)Oc3c(F)c(F)c(F)c(F)c3F)ccc21. The number of ether oxygens (including phenoxy) is 1. The van der Waals surface area contributed by atoms with E-state index in [2.05, 4.69) is 20.1 Å². The van der Waals surface area contributed by atoms with E-state index < -0.39 is 51.5 Å². The summed E-state index contributed by atoms with van der Waals surface area (Å²) in [6.45, 7) is 0. The Balaban J connectivity index is 1.79. The van der Waals surface area contributed by atoms with Crippen molar-refractivity contribution in [1.82, 2.24) is 4.57 Å². The van der Waals surface area contributed by atoms with E-state index >= 15 is 0 Å². The zero-order chi connectivity index (χ0) is 24.7. The van der Waals surface area contributed by atoms with E-state index in [4.69, 9.17) is 4.74 Å².